The molecule has 0 spiro atoms. The van der Waals surface area contributed by atoms with Gasteiger partial charge in [0.05, 0.1) is 43.4 Å². The first-order chi connectivity index (χ1) is 9.31. The third-order valence-corrected chi connectivity index (χ3v) is 4.37. The number of anilines is 1. The molecule has 1 aromatic rings. The van der Waals surface area contributed by atoms with Gasteiger partial charge in [-0.1, -0.05) is 43.5 Å². The fourth-order valence-electron chi connectivity index (χ4n) is 2.82. The number of hydrogen-bond donors (Lipinski definition) is 1. The second-order valence-electron chi connectivity index (χ2n) is 5.50. The summed E-state index contributed by atoms with van der Waals surface area (Å²) >= 11 is 6.26. The van der Waals surface area contributed by atoms with Crippen LogP contribution >= 0.6 is 11.6 Å². The molecule has 1 aliphatic rings. The molecule has 0 amide bonds. The maximum absolute atomic E-state index is 6.26. The zero-order valence-corrected chi connectivity index (χ0v) is 12.8. The lowest BCUT2D eigenvalue weighted by Crippen LogP contribution is -3.14. The van der Waals surface area contributed by atoms with E-state index in [0.29, 0.717) is 0 Å². The minimum Gasteiger partial charge on any atom is -0.359 e. The van der Waals surface area contributed by atoms with Crippen molar-refractivity contribution in [1.82, 2.24) is 0 Å². The number of halogens is 1. The zero-order valence-electron chi connectivity index (χ0n) is 12.0. The Hall–Kier alpha value is -0.730. The first-order valence-corrected chi connectivity index (χ1v) is 8.02. The number of para-hydroxylation sites is 1. The molecule has 0 unspecified atom stereocenters. The SMILES string of the molecule is CCCCCC[NH+]1CCN(c2ccccc2Cl)CC1. The van der Waals surface area contributed by atoms with Gasteiger partial charge in [-0.05, 0) is 25.0 Å². The fourth-order valence-corrected chi connectivity index (χ4v) is 3.08. The van der Waals surface area contributed by atoms with E-state index in [1.54, 1.807) is 4.90 Å². The lowest BCUT2D eigenvalue weighted by molar-refractivity contribution is -0.900. The minimum atomic E-state index is 0.883. The summed E-state index contributed by atoms with van der Waals surface area (Å²) in [5, 5.41) is 0.883. The van der Waals surface area contributed by atoms with Gasteiger partial charge in [0, 0.05) is 0 Å². The van der Waals surface area contributed by atoms with E-state index >= 15 is 0 Å². The number of nitrogens with zero attached hydrogens (tertiary/aromatic N) is 1. The molecule has 0 aliphatic carbocycles. The van der Waals surface area contributed by atoms with Crippen molar-refractivity contribution in [1.29, 1.82) is 0 Å². The lowest BCUT2D eigenvalue weighted by atomic mass is 10.2. The summed E-state index contributed by atoms with van der Waals surface area (Å²) in [6.45, 7) is 8.37. The van der Waals surface area contributed by atoms with Crippen LogP contribution in [0.4, 0.5) is 5.69 Å². The van der Waals surface area contributed by atoms with Crippen molar-refractivity contribution >= 4 is 17.3 Å². The second kappa shape index (κ2) is 7.76. The summed E-state index contributed by atoms with van der Waals surface area (Å²) in [5.74, 6) is 0. The van der Waals surface area contributed by atoms with Crippen LogP contribution in [0.2, 0.25) is 5.02 Å². The van der Waals surface area contributed by atoms with Crippen LogP contribution in [-0.4, -0.2) is 32.7 Å². The predicted molar refractivity (Wildman–Crippen MR) is 83.4 cm³/mol. The number of hydrogen-bond acceptors (Lipinski definition) is 1. The standard InChI is InChI=1S/C16H25ClN2/c1-2-3-4-7-10-18-11-13-19(14-12-18)16-9-6-5-8-15(16)17/h5-6,8-9H,2-4,7,10-14H2,1H3/p+1. The highest BCUT2D eigenvalue weighted by atomic mass is 35.5. The molecule has 1 saturated heterocycles. The van der Waals surface area contributed by atoms with Crippen LogP contribution in [-0.2, 0) is 0 Å². The van der Waals surface area contributed by atoms with Crippen LogP contribution in [0.15, 0.2) is 24.3 Å². The largest absolute Gasteiger partial charge is 0.359 e. The summed E-state index contributed by atoms with van der Waals surface area (Å²) in [5.41, 5.74) is 1.20. The monoisotopic (exact) mass is 281 g/mol. The van der Waals surface area contributed by atoms with Gasteiger partial charge in [0.1, 0.15) is 0 Å². The average molecular weight is 282 g/mol. The van der Waals surface area contributed by atoms with Gasteiger partial charge in [0.25, 0.3) is 0 Å². The molecular formula is C16H26ClN2+. The van der Waals surface area contributed by atoms with Gasteiger partial charge < -0.3 is 9.80 Å². The molecule has 0 radical (unpaired) electrons. The highest BCUT2D eigenvalue weighted by Gasteiger charge is 2.20. The van der Waals surface area contributed by atoms with Gasteiger partial charge in [0.15, 0.2) is 0 Å². The normalized spacial score (nSPS) is 16.8. The Labute approximate surface area is 122 Å². The Balaban J connectivity index is 1.75. The number of piperazine rings is 1. The molecule has 3 heteroatoms. The summed E-state index contributed by atoms with van der Waals surface area (Å²) < 4.78 is 0. The molecule has 106 valence electrons. The van der Waals surface area contributed by atoms with E-state index in [-0.39, 0.29) is 0 Å². The van der Waals surface area contributed by atoms with Gasteiger partial charge in [0.2, 0.25) is 0 Å². The van der Waals surface area contributed by atoms with Crippen LogP contribution in [0.5, 0.6) is 0 Å². The van der Waals surface area contributed by atoms with E-state index in [1.165, 1.54) is 51.0 Å². The van der Waals surface area contributed by atoms with Gasteiger partial charge in [-0.15, -0.1) is 0 Å². The van der Waals surface area contributed by atoms with Gasteiger partial charge in [-0.2, -0.15) is 0 Å². The molecule has 1 N–H and O–H groups in total. The fraction of sp³-hybridized carbons (Fsp3) is 0.625. The Morgan fingerprint density at radius 1 is 1.11 bits per heavy atom. The van der Waals surface area contributed by atoms with E-state index in [1.807, 2.05) is 12.1 Å². The molecule has 1 fully saturated rings. The highest BCUT2D eigenvalue weighted by Crippen LogP contribution is 2.24. The number of rotatable bonds is 6. The van der Waals surface area contributed by atoms with Crippen molar-refractivity contribution in [2.45, 2.75) is 32.6 Å². The van der Waals surface area contributed by atoms with Crippen LogP contribution < -0.4 is 9.80 Å². The molecule has 0 aromatic heterocycles. The topological polar surface area (TPSA) is 7.68 Å². The van der Waals surface area contributed by atoms with Crippen molar-refractivity contribution in [3.05, 3.63) is 29.3 Å². The third kappa shape index (κ3) is 4.39. The maximum Gasteiger partial charge on any atom is 0.0949 e. The zero-order chi connectivity index (χ0) is 13.5. The Bertz CT molecular complexity index is 373. The molecular weight excluding hydrogens is 256 g/mol. The molecule has 1 aromatic carbocycles. The molecule has 1 aliphatic heterocycles. The van der Waals surface area contributed by atoms with Crippen LogP contribution in [0.3, 0.4) is 0 Å². The van der Waals surface area contributed by atoms with Crippen LogP contribution in [0.25, 0.3) is 0 Å². The number of benzene rings is 1. The predicted octanol–water partition coefficient (Wildman–Crippen LogP) is 2.63. The van der Waals surface area contributed by atoms with Crippen LogP contribution in [0.1, 0.15) is 32.6 Å². The van der Waals surface area contributed by atoms with Crippen molar-refractivity contribution in [2.75, 3.05) is 37.6 Å². The first-order valence-electron chi connectivity index (χ1n) is 7.64. The van der Waals surface area contributed by atoms with Gasteiger partial charge in [-0.25, -0.2) is 0 Å². The van der Waals surface area contributed by atoms with Crippen molar-refractivity contribution < 1.29 is 4.90 Å². The highest BCUT2D eigenvalue weighted by molar-refractivity contribution is 6.33. The minimum absolute atomic E-state index is 0.883. The third-order valence-electron chi connectivity index (χ3n) is 4.05. The molecule has 1 heterocycles. The van der Waals surface area contributed by atoms with Crippen LogP contribution in [0, 0.1) is 0 Å². The average Bonchev–Trinajstić information content (AvgIpc) is 2.45. The lowest BCUT2D eigenvalue weighted by Gasteiger charge is -2.34. The Kier molecular flexibility index (Phi) is 5.99. The second-order valence-corrected chi connectivity index (χ2v) is 5.91. The molecule has 0 saturated carbocycles. The van der Waals surface area contributed by atoms with Crippen molar-refractivity contribution in [3.8, 4) is 0 Å². The maximum atomic E-state index is 6.26. The summed E-state index contributed by atoms with van der Waals surface area (Å²) in [6.07, 6.45) is 5.50. The quantitative estimate of drug-likeness (QED) is 0.788. The van der Waals surface area contributed by atoms with E-state index in [9.17, 15) is 0 Å². The smallest absolute Gasteiger partial charge is 0.0949 e. The van der Waals surface area contributed by atoms with Gasteiger partial charge in [-0.3, -0.25) is 0 Å². The first kappa shape index (κ1) is 14.7. The number of nitrogens with one attached hydrogen (secondary N) is 1. The molecule has 0 bridgehead atoms. The van der Waals surface area contributed by atoms with Crippen molar-refractivity contribution in [3.63, 3.8) is 0 Å². The molecule has 2 rings (SSSR count). The Morgan fingerprint density at radius 2 is 1.84 bits per heavy atom. The summed E-state index contributed by atoms with van der Waals surface area (Å²) in [6, 6.07) is 8.20. The van der Waals surface area contributed by atoms with Crippen molar-refractivity contribution in [2.24, 2.45) is 0 Å². The molecule has 19 heavy (non-hydrogen) atoms. The van der Waals surface area contributed by atoms with E-state index in [4.69, 9.17) is 11.6 Å². The molecule has 0 atom stereocenters. The molecule has 2 nitrogen and oxygen atoms in total. The van der Waals surface area contributed by atoms with Gasteiger partial charge >= 0.3 is 0 Å². The number of unbranched alkanes of at least 4 members (excludes halogenated alkanes) is 3. The van der Waals surface area contributed by atoms with E-state index in [0.717, 1.165) is 18.1 Å². The number of quaternary nitrogens is 1. The Morgan fingerprint density at radius 3 is 2.53 bits per heavy atom. The summed E-state index contributed by atoms with van der Waals surface area (Å²) in [7, 11) is 0. The van der Waals surface area contributed by atoms with E-state index < -0.39 is 0 Å². The summed E-state index contributed by atoms with van der Waals surface area (Å²) in [4.78, 5) is 4.19. The van der Waals surface area contributed by atoms with E-state index in [2.05, 4.69) is 24.0 Å².